The van der Waals surface area contributed by atoms with Crippen molar-refractivity contribution < 1.29 is 22.3 Å². The van der Waals surface area contributed by atoms with E-state index in [1.807, 2.05) is 53.7 Å². The van der Waals surface area contributed by atoms with Gasteiger partial charge in [0.1, 0.15) is 41.1 Å². The van der Waals surface area contributed by atoms with Crippen molar-refractivity contribution in [1.82, 2.24) is 24.8 Å². The van der Waals surface area contributed by atoms with Crippen molar-refractivity contribution >= 4 is 59.5 Å². The zero-order chi connectivity index (χ0) is 35.3. The van der Waals surface area contributed by atoms with Crippen molar-refractivity contribution in [1.29, 1.82) is 0 Å². The number of methoxy groups -OCH3 is 1. The highest BCUT2D eigenvalue weighted by Gasteiger charge is 2.24. The Morgan fingerprint density at radius 1 is 1.02 bits per heavy atom. The number of halogens is 2. The van der Waals surface area contributed by atoms with Gasteiger partial charge >= 0.3 is 0 Å². The second-order valence-electron chi connectivity index (χ2n) is 11.4. The molecule has 14 heteroatoms. The monoisotopic (exact) mass is 776 g/mol. The Hall–Kier alpha value is -4.50. The molecule has 0 aliphatic heterocycles. The maximum atomic E-state index is 13.6. The molecule has 1 N–H and O–H groups in total. The number of pyridine rings is 1. The Labute approximate surface area is 302 Å². The maximum Gasteiger partial charge on any atom is 0.196 e. The molecular formula is C36H34BrFN6O4S2. The highest BCUT2D eigenvalue weighted by molar-refractivity contribution is 9.10. The molecule has 0 spiro atoms. The second kappa shape index (κ2) is 15.6. The molecule has 0 saturated carbocycles. The van der Waals surface area contributed by atoms with Gasteiger partial charge in [-0.2, -0.15) is 0 Å². The Balaban J connectivity index is 1.21. The molecule has 3 aromatic heterocycles. The number of benzene rings is 3. The van der Waals surface area contributed by atoms with E-state index < -0.39 is 9.84 Å². The number of rotatable bonds is 14. The van der Waals surface area contributed by atoms with Crippen LogP contribution < -0.4 is 14.8 Å². The largest absolute Gasteiger partial charge is 0.496 e. The van der Waals surface area contributed by atoms with Gasteiger partial charge in [0.05, 0.1) is 34.6 Å². The van der Waals surface area contributed by atoms with E-state index >= 15 is 0 Å². The first kappa shape index (κ1) is 35.3. The molecule has 0 bridgehead atoms. The van der Waals surface area contributed by atoms with Crippen molar-refractivity contribution in [3.63, 3.8) is 0 Å². The minimum Gasteiger partial charge on any atom is -0.496 e. The van der Waals surface area contributed by atoms with Crippen LogP contribution in [0, 0.1) is 5.82 Å². The summed E-state index contributed by atoms with van der Waals surface area (Å²) in [6.07, 6.45) is 3.72. The summed E-state index contributed by atoms with van der Waals surface area (Å²) in [5.41, 5.74) is 3.69. The van der Waals surface area contributed by atoms with Crippen LogP contribution in [-0.2, 0) is 16.4 Å². The van der Waals surface area contributed by atoms with Gasteiger partial charge in [0.25, 0.3) is 0 Å². The summed E-state index contributed by atoms with van der Waals surface area (Å²) in [5.74, 6) is 1.47. The molecule has 50 heavy (non-hydrogen) atoms. The molecule has 0 fully saturated rings. The molecule has 10 nitrogen and oxygen atoms in total. The summed E-state index contributed by atoms with van der Waals surface area (Å²) in [6.45, 7) is 2.61. The van der Waals surface area contributed by atoms with Gasteiger partial charge in [0.15, 0.2) is 14.9 Å². The Morgan fingerprint density at radius 3 is 2.62 bits per heavy atom. The zero-order valence-electron chi connectivity index (χ0n) is 27.5. The number of aromatic nitrogens is 4. The van der Waals surface area contributed by atoms with Crippen molar-refractivity contribution in [3.8, 4) is 22.8 Å². The molecule has 0 aliphatic rings. The first-order chi connectivity index (χ1) is 24.1. The molecule has 6 aromatic rings. The number of nitrogens with one attached hydrogen (secondary N) is 1. The van der Waals surface area contributed by atoms with E-state index in [1.54, 1.807) is 25.3 Å². The van der Waals surface area contributed by atoms with E-state index in [1.165, 1.54) is 42.1 Å². The van der Waals surface area contributed by atoms with Crippen LogP contribution in [0.2, 0.25) is 0 Å². The average molecular weight is 778 g/mol. The van der Waals surface area contributed by atoms with Crippen LogP contribution in [0.15, 0.2) is 100 Å². The van der Waals surface area contributed by atoms with Gasteiger partial charge in [-0.15, -0.1) is 11.3 Å². The van der Waals surface area contributed by atoms with Crippen LogP contribution in [0.4, 0.5) is 15.9 Å². The Morgan fingerprint density at radius 2 is 1.88 bits per heavy atom. The fraction of sp³-hybridized carbons (Fsp3) is 0.222. The van der Waals surface area contributed by atoms with Gasteiger partial charge in [-0.25, -0.2) is 32.7 Å². The Bertz CT molecular complexity index is 2220. The number of nitrogens with zero attached hydrogens (tertiary/aromatic N) is 5. The molecule has 1 atom stereocenters. The average Bonchev–Trinajstić information content (AvgIpc) is 3.60. The maximum absolute atomic E-state index is 13.6. The molecule has 6 rings (SSSR count). The van der Waals surface area contributed by atoms with Crippen molar-refractivity contribution in [2.24, 2.45) is 0 Å². The lowest BCUT2D eigenvalue weighted by Crippen LogP contribution is -2.29. The summed E-state index contributed by atoms with van der Waals surface area (Å²) < 4.78 is 51.7. The smallest absolute Gasteiger partial charge is 0.196 e. The predicted molar refractivity (Wildman–Crippen MR) is 197 cm³/mol. The third-order valence-electron chi connectivity index (χ3n) is 8.11. The van der Waals surface area contributed by atoms with Crippen molar-refractivity contribution in [2.45, 2.75) is 31.0 Å². The first-order valence-electron chi connectivity index (χ1n) is 15.7. The minimum atomic E-state index is -3.52. The van der Waals surface area contributed by atoms with Gasteiger partial charge in [-0.1, -0.05) is 25.1 Å². The van der Waals surface area contributed by atoms with Crippen molar-refractivity contribution in [2.75, 3.05) is 31.8 Å². The number of sulfone groups is 1. The second-order valence-corrected chi connectivity index (χ2v) is 15.2. The van der Waals surface area contributed by atoms with Crippen LogP contribution >= 0.6 is 27.3 Å². The number of ether oxygens (including phenoxy) is 2. The van der Waals surface area contributed by atoms with Gasteiger partial charge in [0, 0.05) is 40.8 Å². The molecule has 0 amide bonds. The lowest BCUT2D eigenvalue weighted by atomic mass is 10.1. The topological polar surface area (TPSA) is 119 Å². The van der Waals surface area contributed by atoms with E-state index in [0.29, 0.717) is 29.4 Å². The first-order valence-corrected chi connectivity index (χ1v) is 19.0. The van der Waals surface area contributed by atoms with E-state index in [0.717, 1.165) is 43.8 Å². The minimum absolute atomic E-state index is 0.0508. The standard InChI is InChI=1S/C36H34BrFN6O4S2/c1-4-31(44(2)14-15-50(45,46)34-10-5-6-13-39-34)36-43-30(21-49-36)26-18-27-29(19-33(26)47-3)40-22-41-35(27)42-25-11-12-32(28(37)17-25)48-20-23-8-7-9-24(38)16-23/h5-13,16-19,21-22,31H,4,14-15,20H2,1-3H3,(H,40,41,42). The van der Waals surface area contributed by atoms with Crippen LogP contribution in [0.5, 0.6) is 11.5 Å². The van der Waals surface area contributed by atoms with Crippen molar-refractivity contribution in [3.05, 3.63) is 112 Å². The molecule has 3 aromatic carbocycles. The van der Waals surface area contributed by atoms with Gasteiger partial charge < -0.3 is 14.8 Å². The van der Waals surface area contributed by atoms with E-state index in [2.05, 4.69) is 43.1 Å². The molecule has 0 radical (unpaired) electrons. The highest BCUT2D eigenvalue weighted by atomic mass is 79.9. The summed E-state index contributed by atoms with van der Waals surface area (Å²) in [6, 6.07) is 20.5. The van der Waals surface area contributed by atoms with Gasteiger partial charge in [0.2, 0.25) is 0 Å². The molecule has 258 valence electrons. The quantitative estimate of drug-likeness (QED) is 0.116. The number of fused-ring (bicyclic) bond motifs is 1. The zero-order valence-corrected chi connectivity index (χ0v) is 30.7. The lowest BCUT2D eigenvalue weighted by molar-refractivity contribution is 0.251. The molecule has 3 heterocycles. The SMILES string of the molecule is CCC(c1nc(-c2cc3c(Nc4ccc(OCc5cccc(F)c5)c(Br)c4)ncnc3cc2OC)cs1)N(C)CCS(=O)(=O)c1ccccn1. The Kier molecular flexibility index (Phi) is 11.0. The van der Waals surface area contributed by atoms with Crippen LogP contribution in [0.25, 0.3) is 22.2 Å². The fourth-order valence-corrected chi connectivity index (χ4v) is 8.27. The van der Waals surface area contributed by atoms with E-state index in [4.69, 9.17) is 14.5 Å². The van der Waals surface area contributed by atoms with Crippen LogP contribution in [0.3, 0.4) is 0 Å². The number of thiazole rings is 1. The van der Waals surface area contributed by atoms with Gasteiger partial charge in [-0.3, -0.25) is 4.90 Å². The summed E-state index contributed by atoms with van der Waals surface area (Å²) in [7, 11) is 0.00550. The summed E-state index contributed by atoms with van der Waals surface area (Å²) >= 11 is 5.11. The molecular weight excluding hydrogens is 743 g/mol. The lowest BCUT2D eigenvalue weighted by Gasteiger charge is -2.25. The molecule has 0 saturated heterocycles. The van der Waals surface area contributed by atoms with Crippen LogP contribution in [-0.4, -0.2) is 59.7 Å². The molecule has 1 unspecified atom stereocenters. The third-order valence-corrected chi connectivity index (χ3v) is 11.3. The van der Waals surface area contributed by atoms with Crippen LogP contribution in [0.1, 0.15) is 30.0 Å². The number of anilines is 2. The third kappa shape index (κ3) is 8.10. The van der Waals surface area contributed by atoms with E-state index in [-0.39, 0.29) is 29.2 Å². The normalized spacial score (nSPS) is 12.3. The number of hydrogen-bond acceptors (Lipinski definition) is 11. The van der Waals surface area contributed by atoms with Gasteiger partial charge in [-0.05, 0) is 83.5 Å². The summed E-state index contributed by atoms with van der Waals surface area (Å²) in [4.78, 5) is 20.1. The predicted octanol–water partition coefficient (Wildman–Crippen LogP) is 8.24. The van der Waals surface area contributed by atoms with E-state index in [9.17, 15) is 12.8 Å². The highest BCUT2D eigenvalue weighted by Crippen LogP contribution is 2.39. The fourth-order valence-electron chi connectivity index (χ4n) is 5.47. The summed E-state index contributed by atoms with van der Waals surface area (Å²) in [5, 5.41) is 7.09. The molecule has 0 aliphatic carbocycles. The number of hydrogen-bond donors (Lipinski definition) is 1.